The molecule has 10 heteroatoms. The Morgan fingerprint density at radius 3 is 2.02 bits per heavy atom. The van der Waals surface area contributed by atoms with Crippen LogP contribution in [0.4, 0.5) is 11.4 Å². The Bertz CT molecular complexity index is 1440. The predicted octanol–water partition coefficient (Wildman–Crippen LogP) is 9.31. The van der Waals surface area contributed by atoms with Crippen LogP contribution in [0, 0.1) is 36.0 Å². The zero-order valence-corrected chi connectivity index (χ0v) is 30.3. The van der Waals surface area contributed by atoms with Crippen molar-refractivity contribution < 1.29 is 14.7 Å². The van der Waals surface area contributed by atoms with Crippen molar-refractivity contribution in [2.45, 2.75) is 126 Å². The van der Waals surface area contributed by atoms with E-state index in [-0.39, 0.29) is 28.6 Å². The van der Waals surface area contributed by atoms with Gasteiger partial charge in [-0.1, -0.05) is 99.0 Å². The lowest BCUT2D eigenvalue weighted by Gasteiger charge is -2.31. The lowest BCUT2D eigenvalue weighted by atomic mass is 9.95. The highest BCUT2D eigenvalue weighted by Gasteiger charge is 2.25. The van der Waals surface area contributed by atoms with Gasteiger partial charge in [0, 0.05) is 30.1 Å². The van der Waals surface area contributed by atoms with Crippen molar-refractivity contribution in [1.29, 1.82) is 5.26 Å². The second kappa shape index (κ2) is 21.1. The van der Waals surface area contributed by atoms with Crippen LogP contribution in [0.2, 0.25) is 0 Å². The second-order valence-electron chi connectivity index (χ2n) is 12.9. The molecule has 0 saturated heterocycles. The highest BCUT2D eigenvalue weighted by atomic mass is 16.3. The summed E-state index contributed by atoms with van der Waals surface area (Å²) in [5, 5.41) is 29.4. The van der Waals surface area contributed by atoms with Crippen molar-refractivity contribution in [2.24, 2.45) is 28.0 Å². The number of azo groups is 1. The summed E-state index contributed by atoms with van der Waals surface area (Å²) in [7, 11) is 0. The Balaban J connectivity index is 2.47. The number of unbranched alkanes of at least 4 members (excludes halogenated alkanes) is 3. The molecule has 0 radical (unpaired) electrons. The number of hydrogen-bond acceptors (Lipinski definition) is 7. The maximum absolute atomic E-state index is 14.0. The Hall–Kier alpha value is -4.00. The van der Waals surface area contributed by atoms with Crippen LogP contribution in [0.1, 0.15) is 140 Å². The van der Waals surface area contributed by atoms with E-state index in [1.807, 2.05) is 24.8 Å². The van der Waals surface area contributed by atoms with E-state index in [2.05, 4.69) is 43.3 Å². The van der Waals surface area contributed by atoms with E-state index in [9.17, 15) is 24.8 Å². The van der Waals surface area contributed by atoms with Crippen molar-refractivity contribution in [2.75, 3.05) is 18.5 Å². The molecule has 0 aliphatic carbocycles. The number of carbonyl (C=O) groups excluding carboxylic acids is 2. The number of aromatic nitrogens is 1. The number of benzene rings is 1. The summed E-state index contributed by atoms with van der Waals surface area (Å²) in [6.07, 6.45) is 11.7. The summed E-state index contributed by atoms with van der Waals surface area (Å²) in [4.78, 5) is 42.1. The first-order valence-electron chi connectivity index (χ1n) is 18.1. The molecule has 3 unspecified atom stereocenters. The minimum atomic E-state index is -0.841. The third-order valence-electron chi connectivity index (χ3n) is 9.36. The summed E-state index contributed by atoms with van der Waals surface area (Å²) in [6.45, 7) is 15.6. The van der Waals surface area contributed by atoms with E-state index in [1.165, 1.54) is 6.92 Å². The number of aromatic hydroxyl groups is 1. The first-order chi connectivity index (χ1) is 23.1. The van der Waals surface area contributed by atoms with Gasteiger partial charge in [-0.15, -0.1) is 5.11 Å². The molecule has 1 aromatic heterocycles. The van der Waals surface area contributed by atoms with Gasteiger partial charge in [0.15, 0.2) is 5.69 Å². The highest BCUT2D eigenvalue weighted by Crippen LogP contribution is 2.32. The molecule has 3 atom stereocenters. The third-order valence-corrected chi connectivity index (χ3v) is 9.36. The van der Waals surface area contributed by atoms with Gasteiger partial charge in [0.25, 0.3) is 11.5 Å². The number of rotatable bonds is 21. The molecule has 2 aromatic rings. The van der Waals surface area contributed by atoms with Crippen LogP contribution in [0.15, 0.2) is 39.3 Å². The molecule has 2 amide bonds. The Kier molecular flexibility index (Phi) is 17.6. The zero-order chi connectivity index (χ0) is 35.6. The molecule has 48 heavy (non-hydrogen) atoms. The molecule has 0 spiro atoms. The molecule has 1 aromatic carbocycles. The molecule has 264 valence electrons. The number of hydrogen-bond donors (Lipinski definition) is 2. The quantitative estimate of drug-likeness (QED) is 0.128. The summed E-state index contributed by atoms with van der Waals surface area (Å²) in [6, 6.07) is 8.78. The van der Waals surface area contributed by atoms with Gasteiger partial charge in [-0.05, 0) is 62.6 Å². The maximum atomic E-state index is 14.0. The van der Waals surface area contributed by atoms with Gasteiger partial charge in [0.2, 0.25) is 11.8 Å². The number of nitrogens with zero attached hydrogens (tertiary/aromatic N) is 5. The minimum absolute atomic E-state index is 0.0486. The van der Waals surface area contributed by atoms with E-state index in [0.717, 1.165) is 64.2 Å². The van der Waals surface area contributed by atoms with E-state index in [1.54, 1.807) is 24.3 Å². The molecule has 1 heterocycles. The van der Waals surface area contributed by atoms with Crippen molar-refractivity contribution in [3.8, 4) is 11.9 Å². The third kappa shape index (κ3) is 11.3. The van der Waals surface area contributed by atoms with Gasteiger partial charge < -0.3 is 10.0 Å². The largest absolute Gasteiger partial charge is 0.492 e. The fourth-order valence-electron chi connectivity index (χ4n) is 5.98. The molecule has 0 bridgehead atoms. The number of pyridine rings is 1. The Labute approximate surface area is 287 Å². The molecule has 2 N–H and O–H groups in total. The van der Waals surface area contributed by atoms with E-state index in [0.29, 0.717) is 53.7 Å². The summed E-state index contributed by atoms with van der Waals surface area (Å²) >= 11 is 0. The number of carbonyl (C=O) groups is 2. The number of nitrogens with one attached hydrogen (secondary N) is 1. The number of nitriles is 1. The van der Waals surface area contributed by atoms with E-state index in [4.69, 9.17) is 0 Å². The van der Waals surface area contributed by atoms with Crippen molar-refractivity contribution >= 4 is 23.2 Å². The van der Waals surface area contributed by atoms with Gasteiger partial charge in [-0.2, -0.15) is 15.1 Å². The van der Waals surface area contributed by atoms with E-state index >= 15 is 0 Å². The SMILES string of the molecule is CCCCC(CC)CN(CC(CC)CCCC)C(=O)c1cccc(/N=N/c2c(C)c(C#N)c(=O)n(NC(=O)C(CC)CCCC)c2O)c1. The van der Waals surface area contributed by atoms with Crippen molar-refractivity contribution in [1.82, 2.24) is 9.58 Å². The molecule has 0 aliphatic heterocycles. The fraction of sp³-hybridized carbons (Fsp3) is 0.632. The van der Waals surface area contributed by atoms with Gasteiger partial charge in [0.05, 0.1) is 5.69 Å². The molecular weight excluding hydrogens is 604 g/mol. The van der Waals surface area contributed by atoms with Crippen LogP contribution in [-0.4, -0.2) is 39.6 Å². The topological polar surface area (TPSA) is 140 Å². The monoisotopic (exact) mass is 662 g/mol. The maximum Gasteiger partial charge on any atom is 0.290 e. The fourth-order valence-corrected chi connectivity index (χ4v) is 5.98. The van der Waals surface area contributed by atoms with Crippen molar-refractivity contribution in [3.63, 3.8) is 0 Å². The molecule has 2 rings (SSSR count). The van der Waals surface area contributed by atoms with Crippen LogP contribution < -0.4 is 11.0 Å². The highest BCUT2D eigenvalue weighted by molar-refractivity contribution is 5.95. The first kappa shape index (κ1) is 40.2. The smallest absolute Gasteiger partial charge is 0.290 e. The van der Waals surface area contributed by atoms with Gasteiger partial charge >= 0.3 is 0 Å². The van der Waals surface area contributed by atoms with Crippen LogP contribution in [0.3, 0.4) is 0 Å². The van der Waals surface area contributed by atoms with Crippen LogP contribution in [0.5, 0.6) is 5.88 Å². The molecule has 10 nitrogen and oxygen atoms in total. The van der Waals surface area contributed by atoms with Crippen molar-refractivity contribution in [3.05, 3.63) is 51.3 Å². The second-order valence-corrected chi connectivity index (χ2v) is 12.9. The lowest BCUT2D eigenvalue weighted by molar-refractivity contribution is -0.121. The Morgan fingerprint density at radius 2 is 1.50 bits per heavy atom. The van der Waals surface area contributed by atoms with Gasteiger partial charge in [-0.3, -0.25) is 19.8 Å². The molecule has 0 fully saturated rings. The summed E-state index contributed by atoms with van der Waals surface area (Å²) in [5.41, 5.74) is 2.29. The first-order valence-corrected chi connectivity index (χ1v) is 18.1. The number of amides is 2. The van der Waals surface area contributed by atoms with Crippen LogP contribution >= 0.6 is 0 Å². The molecule has 0 aliphatic rings. The van der Waals surface area contributed by atoms with Gasteiger partial charge in [-0.25, -0.2) is 0 Å². The minimum Gasteiger partial charge on any atom is -0.492 e. The lowest BCUT2D eigenvalue weighted by Crippen LogP contribution is -2.39. The standard InChI is InChI=1S/C38H58N6O4/c1-8-14-18-28(11-4)25-43(26-29(12-5)19-15-9-2)36(46)31-21-17-22-32(23-31)40-41-34-27(7)33(24-39)37(47)44(38(34)48)42-35(45)30(13-6)20-16-10-3/h17,21-23,28-30,48H,8-16,18-20,25-26H2,1-7H3,(H,42,45)/b41-40+. The molecular formula is C38H58N6O4. The summed E-state index contributed by atoms with van der Waals surface area (Å²) < 4.78 is 0.681. The Morgan fingerprint density at radius 1 is 0.917 bits per heavy atom. The van der Waals surface area contributed by atoms with E-state index < -0.39 is 17.3 Å². The van der Waals surface area contributed by atoms with Crippen LogP contribution in [0.25, 0.3) is 0 Å². The molecule has 0 saturated carbocycles. The predicted molar refractivity (Wildman–Crippen MR) is 193 cm³/mol. The normalized spacial score (nSPS) is 13.2. The van der Waals surface area contributed by atoms with Crippen LogP contribution in [-0.2, 0) is 4.79 Å². The summed E-state index contributed by atoms with van der Waals surface area (Å²) in [5.74, 6) is -0.589. The zero-order valence-electron chi connectivity index (χ0n) is 30.3. The average Bonchev–Trinajstić information content (AvgIpc) is 3.09. The van der Waals surface area contributed by atoms with Gasteiger partial charge in [0.1, 0.15) is 11.6 Å². The average molecular weight is 663 g/mol.